The van der Waals surface area contributed by atoms with E-state index in [4.69, 9.17) is 4.74 Å². The van der Waals surface area contributed by atoms with Gasteiger partial charge in [0, 0.05) is 12.8 Å². The van der Waals surface area contributed by atoms with Crippen LogP contribution in [0.15, 0.2) is 24.3 Å². The highest BCUT2D eigenvalue weighted by Gasteiger charge is 2.18. The van der Waals surface area contributed by atoms with Crippen molar-refractivity contribution in [3.05, 3.63) is 24.3 Å². The van der Waals surface area contributed by atoms with Crippen LogP contribution in [0.5, 0.6) is 0 Å². The lowest BCUT2D eigenvalue weighted by Gasteiger charge is -2.20. The second-order valence-corrected chi connectivity index (χ2v) is 21.4. The zero-order valence-corrected chi connectivity index (χ0v) is 46.6. The molecule has 6 nitrogen and oxygen atoms in total. The number of aliphatic hydroxyl groups excluding tert-OH is 2. The third kappa shape index (κ3) is 55.5. The van der Waals surface area contributed by atoms with Gasteiger partial charge in [-0.05, 0) is 57.8 Å². The van der Waals surface area contributed by atoms with Crippen LogP contribution in [0.25, 0.3) is 0 Å². The van der Waals surface area contributed by atoms with Crippen LogP contribution in [0.3, 0.4) is 0 Å². The zero-order valence-electron chi connectivity index (χ0n) is 46.6. The van der Waals surface area contributed by atoms with Gasteiger partial charge in [-0.2, -0.15) is 0 Å². The lowest BCUT2D eigenvalue weighted by Crippen LogP contribution is -2.45. The van der Waals surface area contributed by atoms with Crippen molar-refractivity contribution in [2.45, 2.75) is 353 Å². The summed E-state index contributed by atoms with van der Waals surface area (Å²) in [7, 11) is 0. The predicted molar refractivity (Wildman–Crippen MR) is 301 cm³/mol. The summed E-state index contributed by atoms with van der Waals surface area (Å²) in [4.78, 5) is 24.5. The molecule has 1 amide bonds. The molecule has 0 aromatic heterocycles. The van der Waals surface area contributed by atoms with E-state index < -0.39 is 12.1 Å². The van der Waals surface area contributed by atoms with Crippen molar-refractivity contribution in [1.29, 1.82) is 0 Å². The van der Waals surface area contributed by atoms with E-state index in [-0.39, 0.29) is 18.5 Å². The number of amides is 1. The topological polar surface area (TPSA) is 95.9 Å². The summed E-state index contributed by atoms with van der Waals surface area (Å²) < 4.78 is 5.50. The van der Waals surface area contributed by atoms with Crippen molar-refractivity contribution in [2.24, 2.45) is 0 Å². The molecule has 6 heteroatoms. The second kappa shape index (κ2) is 58.9. The maximum atomic E-state index is 12.4. The Balaban J connectivity index is 3.40. The number of esters is 1. The summed E-state index contributed by atoms with van der Waals surface area (Å²) in [5.41, 5.74) is 0. The number of nitrogens with one attached hydrogen (secondary N) is 1. The highest BCUT2D eigenvalue weighted by atomic mass is 16.5. The Morgan fingerprint density at radius 1 is 0.391 bits per heavy atom. The Hall–Kier alpha value is -1.66. The molecule has 0 aliphatic carbocycles. The Kier molecular flexibility index (Phi) is 57.5. The molecule has 0 saturated carbocycles. The molecule has 3 N–H and O–H groups in total. The molecule has 0 aliphatic heterocycles. The van der Waals surface area contributed by atoms with Gasteiger partial charge in [0.15, 0.2) is 0 Å². The number of allylic oxidation sites excluding steroid dienone is 3. The van der Waals surface area contributed by atoms with Crippen molar-refractivity contribution in [2.75, 3.05) is 13.2 Å². The lowest BCUT2D eigenvalue weighted by molar-refractivity contribution is -0.143. The minimum atomic E-state index is -0.848. The molecule has 0 radical (unpaired) electrons. The molecule has 0 saturated heterocycles. The molecule has 0 aromatic rings. The van der Waals surface area contributed by atoms with Crippen LogP contribution >= 0.6 is 0 Å². The fraction of sp³-hybridized carbons (Fsp3) is 0.905. The van der Waals surface area contributed by atoms with Gasteiger partial charge in [0.05, 0.1) is 25.4 Å². The van der Waals surface area contributed by atoms with Gasteiger partial charge in [0.2, 0.25) is 5.91 Å². The van der Waals surface area contributed by atoms with Crippen molar-refractivity contribution < 1.29 is 24.5 Å². The van der Waals surface area contributed by atoms with Crippen LogP contribution in [0, 0.1) is 0 Å². The molecule has 0 bridgehead atoms. The molecule has 0 fully saturated rings. The number of hydrogen-bond acceptors (Lipinski definition) is 5. The largest absolute Gasteiger partial charge is 0.466 e. The van der Waals surface area contributed by atoms with E-state index >= 15 is 0 Å². The number of aliphatic hydroxyl groups is 2. The molecular formula is C63H121NO5. The molecule has 0 aliphatic rings. The van der Waals surface area contributed by atoms with Crippen molar-refractivity contribution in [1.82, 2.24) is 5.32 Å². The predicted octanol–water partition coefficient (Wildman–Crippen LogP) is 19.4. The van der Waals surface area contributed by atoms with Gasteiger partial charge in [-0.15, -0.1) is 0 Å². The molecule has 2 atom stereocenters. The average Bonchev–Trinajstić information content (AvgIpc) is 3.35. The number of rotatable bonds is 58. The molecule has 408 valence electrons. The quantitative estimate of drug-likeness (QED) is 0.0321. The molecule has 0 rings (SSSR count). The number of hydrogen-bond donors (Lipinski definition) is 3. The van der Waals surface area contributed by atoms with Gasteiger partial charge in [0.1, 0.15) is 0 Å². The van der Waals surface area contributed by atoms with Gasteiger partial charge in [-0.1, -0.05) is 295 Å². The number of carbonyl (C=O) groups is 2. The Labute approximate surface area is 431 Å². The van der Waals surface area contributed by atoms with E-state index in [0.29, 0.717) is 19.4 Å². The fourth-order valence-electron chi connectivity index (χ4n) is 9.69. The van der Waals surface area contributed by atoms with Crippen LogP contribution in [0.4, 0.5) is 0 Å². The highest BCUT2D eigenvalue weighted by Crippen LogP contribution is 2.17. The standard InChI is InChI=1S/C63H121NO5/c1-3-5-7-9-11-13-15-17-18-19-23-27-30-33-37-41-45-49-53-57-63(68)69-58-54-50-46-42-38-34-31-28-25-22-20-21-24-26-29-32-36-40-44-48-52-56-62(67)64-60(59-65)61(66)55-51-47-43-39-35-16-14-12-10-8-6-4-2/h21,24,51,55,60-61,65-66H,3-20,22-23,25-50,52-54,56-59H2,1-2H3,(H,64,67)/b24-21-,55-51+. The second-order valence-electron chi connectivity index (χ2n) is 21.4. The molecule has 69 heavy (non-hydrogen) atoms. The Bertz CT molecular complexity index is 1080. The van der Waals surface area contributed by atoms with Gasteiger partial charge in [0.25, 0.3) is 0 Å². The van der Waals surface area contributed by atoms with Crippen LogP contribution in [0.1, 0.15) is 341 Å². The minimum Gasteiger partial charge on any atom is -0.466 e. The summed E-state index contributed by atoms with van der Waals surface area (Å²) in [5, 5.41) is 23.0. The van der Waals surface area contributed by atoms with E-state index in [1.165, 1.54) is 270 Å². The van der Waals surface area contributed by atoms with Crippen molar-refractivity contribution >= 4 is 11.9 Å². The number of unbranched alkanes of at least 4 members (excludes halogenated alkanes) is 45. The van der Waals surface area contributed by atoms with Crippen molar-refractivity contribution in [3.63, 3.8) is 0 Å². The summed E-state index contributed by atoms with van der Waals surface area (Å²) in [6.45, 7) is 4.91. The number of ether oxygens (including phenoxy) is 1. The van der Waals surface area contributed by atoms with Gasteiger partial charge in [-0.3, -0.25) is 9.59 Å². The first-order valence-electron chi connectivity index (χ1n) is 31.1. The normalized spacial score (nSPS) is 12.7. The average molecular weight is 973 g/mol. The third-order valence-corrected chi connectivity index (χ3v) is 14.5. The fourth-order valence-corrected chi connectivity index (χ4v) is 9.69. The molecule has 0 spiro atoms. The summed E-state index contributed by atoms with van der Waals surface area (Å²) in [5.74, 6) is -0.0630. The van der Waals surface area contributed by atoms with Crippen LogP contribution < -0.4 is 5.32 Å². The third-order valence-electron chi connectivity index (χ3n) is 14.5. The van der Waals surface area contributed by atoms with E-state index in [1.54, 1.807) is 6.08 Å². The Morgan fingerprint density at radius 2 is 0.681 bits per heavy atom. The van der Waals surface area contributed by atoms with Crippen molar-refractivity contribution in [3.8, 4) is 0 Å². The SMILES string of the molecule is CCCCCCCCCCCC/C=C/C(O)C(CO)NC(=O)CCCCCCCCC/C=C\CCCCCCCCCCCCOC(=O)CCCCCCCCCCCCCCCCCCCCC. The monoisotopic (exact) mass is 972 g/mol. The lowest BCUT2D eigenvalue weighted by atomic mass is 10.0. The maximum absolute atomic E-state index is 12.4. The smallest absolute Gasteiger partial charge is 0.305 e. The summed E-state index contributed by atoms with van der Waals surface area (Å²) in [6, 6.07) is -0.632. The van der Waals surface area contributed by atoms with E-state index in [2.05, 4.69) is 31.3 Å². The highest BCUT2D eigenvalue weighted by molar-refractivity contribution is 5.76. The molecule has 0 aromatic carbocycles. The van der Waals surface area contributed by atoms with Crippen LogP contribution in [-0.4, -0.2) is 47.4 Å². The van der Waals surface area contributed by atoms with E-state index in [0.717, 1.165) is 44.9 Å². The first-order valence-corrected chi connectivity index (χ1v) is 31.1. The Morgan fingerprint density at radius 3 is 1.03 bits per heavy atom. The molecular weight excluding hydrogens is 851 g/mol. The van der Waals surface area contributed by atoms with Gasteiger partial charge < -0.3 is 20.3 Å². The maximum Gasteiger partial charge on any atom is 0.305 e. The van der Waals surface area contributed by atoms with Gasteiger partial charge >= 0.3 is 5.97 Å². The van der Waals surface area contributed by atoms with E-state index in [1.807, 2.05) is 6.08 Å². The van der Waals surface area contributed by atoms with Crippen LogP contribution in [-0.2, 0) is 14.3 Å². The summed E-state index contributed by atoms with van der Waals surface area (Å²) >= 11 is 0. The zero-order chi connectivity index (χ0) is 50.0. The van der Waals surface area contributed by atoms with Crippen LogP contribution in [0.2, 0.25) is 0 Å². The van der Waals surface area contributed by atoms with E-state index in [9.17, 15) is 19.8 Å². The summed E-state index contributed by atoms with van der Waals surface area (Å²) in [6.07, 6.45) is 72.2. The van der Waals surface area contributed by atoms with Gasteiger partial charge in [-0.25, -0.2) is 0 Å². The molecule has 0 heterocycles. The first-order chi connectivity index (χ1) is 34.0. The number of carbonyl (C=O) groups excluding carboxylic acids is 2. The molecule has 2 unspecified atom stereocenters. The first kappa shape index (κ1) is 67.3. The minimum absolute atomic E-state index is 0.0126.